The Morgan fingerprint density at radius 2 is 0.833 bits per heavy atom. The van der Waals surface area contributed by atoms with E-state index in [-0.39, 0.29) is 22.2 Å². The van der Waals surface area contributed by atoms with E-state index >= 15 is 0 Å². The number of hydrogen-bond donors (Lipinski definition) is 2. The molecule has 2 N–H and O–H groups in total. The largest absolute Gasteiger partial charge is 0.307 e. The fourth-order valence-corrected chi connectivity index (χ4v) is 5.07. The smallest absolute Gasteiger partial charge is 0.0534 e. The lowest BCUT2D eigenvalue weighted by atomic mass is 9.80. The first-order chi connectivity index (χ1) is 10.8. The maximum Gasteiger partial charge on any atom is 0.0534 e. The van der Waals surface area contributed by atoms with Gasteiger partial charge < -0.3 is 10.6 Å². The van der Waals surface area contributed by atoms with Crippen molar-refractivity contribution in [1.82, 2.24) is 10.6 Å². The highest BCUT2D eigenvalue weighted by Gasteiger charge is 2.38. The summed E-state index contributed by atoms with van der Waals surface area (Å²) in [6.45, 7) is 18.1. The van der Waals surface area contributed by atoms with Crippen LogP contribution in [0.1, 0.15) is 81.1 Å². The van der Waals surface area contributed by atoms with Crippen LogP contribution in [0.25, 0.3) is 0 Å². The summed E-state index contributed by atoms with van der Waals surface area (Å²) in [5.41, 5.74) is 0.571. The molecule has 0 aromatic rings. The first-order valence-corrected chi connectivity index (χ1v) is 9.41. The van der Waals surface area contributed by atoms with Crippen LogP contribution in [0.5, 0.6) is 0 Å². The summed E-state index contributed by atoms with van der Waals surface area (Å²) < 4.78 is 0. The first kappa shape index (κ1) is 19.6. The van der Waals surface area contributed by atoms with Crippen LogP contribution < -0.4 is 10.6 Å². The second-order valence-corrected chi connectivity index (χ2v) is 10.5. The number of nitrogens with zero attached hydrogens (tertiary/aromatic N) is 2. The van der Waals surface area contributed by atoms with E-state index in [1.165, 1.54) is 0 Å². The summed E-state index contributed by atoms with van der Waals surface area (Å²) in [5, 5.41) is 7.42. The predicted molar refractivity (Wildman–Crippen MR) is 106 cm³/mol. The molecule has 0 unspecified atom stereocenters. The van der Waals surface area contributed by atoms with Gasteiger partial charge in [-0.2, -0.15) is 0 Å². The third kappa shape index (κ3) is 5.96. The van der Waals surface area contributed by atoms with Crippen molar-refractivity contribution in [2.45, 2.75) is 115 Å². The molecule has 0 aliphatic carbocycles. The topological polar surface area (TPSA) is 48.8 Å². The van der Waals surface area contributed by atoms with E-state index in [0.29, 0.717) is 12.1 Å². The number of rotatable bonds is 3. The van der Waals surface area contributed by atoms with Gasteiger partial charge in [0, 0.05) is 34.6 Å². The molecule has 0 radical (unpaired) electrons. The molecule has 0 atom stereocenters. The van der Waals surface area contributed by atoms with E-state index in [0.717, 1.165) is 25.7 Å². The van der Waals surface area contributed by atoms with Crippen LogP contribution in [-0.4, -0.2) is 46.7 Å². The van der Waals surface area contributed by atoms with E-state index in [4.69, 9.17) is 9.98 Å². The lowest BCUT2D eigenvalue weighted by molar-refractivity contribution is 0.163. The van der Waals surface area contributed by atoms with Crippen molar-refractivity contribution in [2.24, 2.45) is 9.98 Å². The van der Waals surface area contributed by atoms with Gasteiger partial charge in [0.25, 0.3) is 0 Å². The fourth-order valence-electron chi connectivity index (χ4n) is 5.07. The van der Waals surface area contributed by atoms with Gasteiger partial charge in [-0.15, -0.1) is 0 Å². The number of piperidine rings is 2. The Hall–Kier alpha value is -0.740. The van der Waals surface area contributed by atoms with Gasteiger partial charge >= 0.3 is 0 Å². The van der Waals surface area contributed by atoms with Crippen molar-refractivity contribution in [3.63, 3.8) is 0 Å². The van der Waals surface area contributed by atoms with Crippen LogP contribution in [0.15, 0.2) is 9.98 Å². The maximum atomic E-state index is 4.80. The minimum absolute atomic E-state index is 0.143. The monoisotopic (exact) mass is 334 g/mol. The zero-order valence-electron chi connectivity index (χ0n) is 17.0. The third-order valence-electron chi connectivity index (χ3n) is 5.00. The highest BCUT2D eigenvalue weighted by molar-refractivity contribution is 6.16. The van der Waals surface area contributed by atoms with Crippen LogP contribution in [0, 0.1) is 0 Å². The standard InChI is InChI=1S/C20H38N4/c1-17(2)11-15(12-18(3,4)23-17)21-9-10-22-16-13-19(5,6)24-20(7,8)14-16/h9-10,15-16,23-24H,11-14H2,1-8H3. The minimum Gasteiger partial charge on any atom is -0.307 e. The summed E-state index contributed by atoms with van der Waals surface area (Å²) in [4.78, 5) is 9.60. The van der Waals surface area contributed by atoms with Crippen LogP contribution >= 0.6 is 0 Å². The molecule has 138 valence electrons. The van der Waals surface area contributed by atoms with Gasteiger partial charge in [-0.3, -0.25) is 9.98 Å². The molecular formula is C20H38N4. The molecule has 2 rings (SSSR count). The molecule has 0 amide bonds. The maximum absolute atomic E-state index is 4.80. The Morgan fingerprint density at radius 3 is 1.08 bits per heavy atom. The van der Waals surface area contributed by atoms with E-state index < -0.39 is 0 Å². The van der Waals surface area contributed by atoms with Gasteiger partial charge in [-0.1, -0.05) is 0 Å². The van der Waals surface area contributed by atoms with Crippen molar-refractivity contribution in [3.8, 4) is 0 Å². The quantitative estimate of drug-likeness (QED) is 0.772. The van der Waals surface area contributed by atoms with E-state index in [2.05, 4.69) is 66.0 Å². The highest BCUT2D eigenvalue weighted by Crippen LogP contribution is 2.31. The molecule has 4 nitrogen and oxygen atoms in total. The number of hydrogen-bond acceptors (Lipinski definition) is 4. The SMILES string of the molecule is CC1(C)CC(N=CC=NC2CC(C)(C)NC(C)(C)C2)CC(C)(C)N1. The van der Waals surface area contributed by atoms with Crippen LogP contribution in [0.3, 0.4) is 0 Å². The predicted octanol–water partition coefficient (Wildman–Crippen LogP) is 3.75. The minimum atomic E-state index is 0.143. The summed E-state index contributed by atoms with van der Waals surface area (Å²) >= 11 is 0. The molecule has 2 fully saturated rings. The van der Waals surface area contributed by atoms with E-state index in [9.17, 15) is 0 Å². The Bertz CT molecular complexity index is 422. The zero-order chi connectivity index (χ0) is 18.2. The van der Waals surface area contributed by atoms with Gasteiger partial charge in [0.15, 0.2) is 0 Å². The first-order valence-electron chi connectivity index (χ1n) is 9.41. The lowest BCUT2D eigenvalue weighted by Gasteiger charge is -2.45. The Labute approximate surface area is 149 Å². The molecule has 0 saturated carbocycles. The normalized spacial score (nSPS) is 30.2. The Balaban J connectivity index is 1.94. The molecule has 4 heteroatoms. The fraction of sp³-hybridized carbons (Fsp3) is 0.900. The summed E-state index contributed by atoms with van der Waals surface area (Å²) in [7, 11) is 0. The van der Waals surface area contributed by atoms with Gasteiger partial charge in [0.05, 0.1) is 12.1 Å². The Morgan fingerprint density at radius 1 is 0.583 bits per heavy atom. The van der Waals surface area contributed by atoms with E-state index in [1.54, 1.807) is 0 Å². The van der Waals surface area contributed by atoms with Gasteiger partial charge in [0.2, 0.25) is 0 Å². The number of aliphatic imine (C=N–C) groups is 2. The van der Waals surface area contributed by atoms with Crippen LogP contribution in [0.2, 0.25) is 0 Å². The molecule has 0 aromatic heterocycles. The molecule has 2 saturated heterocycles. The Kier molecular flexibility index (Phi) is 5.33. The average Bonchev–Trinajstić information content (AvgIpc) is 2.26. The molecule has 0 bridgehead atoms. The second kappa shape index (κ2) is 6.53. The third-order valence-corrected chi connectivity index (χ3v) is 5.00. The lowest BCUT2D eigenvalue weighted by Crippen LogP contribution is -2.59. The van der Waals surface area contributed by atoms with Crippen molar-refractivity contribution in [1.29, 1.82) is 0 Å². The highest BCUT2D eigenvalue weighted by atomic mass is 15.1. The molecule has 0 aromatic carbocycles. The molecule has 2 aliphatic heterocycles. The summed E-state index contributed by atoms with van der Waals surface area (Å²) in [5.74, 6) is 0. The second-order valence-electron chi connectivity index (χ2n) is 10.5. The van der Waals surface area contributed by atoms with E-state index in [1.807, 2.05) is 12.4 Å². The summed E-state index contributed by atoms with van der Waals surface area (Å²) in [6.07, 6.45) is 8.18. The molecule has 2 aliphatic rings. The average molecular weight is 335 g/mol. The van der Waals surface area contributed by atoms with Gasteiger partial charge in [0.1, 0.15) is 0 Å². The van der Waals surface area contributed by atoms with Crippen molar-refractivity contribution < 1.29 is 0 Å². The molecule has 2 heterocycles. The van der Waals surface area contributed by atoms with Gasteiger partial charge in [-0.25, -0.2) is 0 Å². The summed E-state index contributed by atoms with van der Waals surface area (Å²) in [6, 6.07) is 0.757. The molecule has 0 spiro atoms. The molecular weight excluding hydrogens is 296 g/mol. The van der Waals surface area contributed by atoms with Crippen LogP contribution in [-0.2, 0) is 0 Å². The molecule has 24 heavy (non-hydrogen) atoms. The van der Waals surface area contributed by atoms with Crippen molar-refractivity contribution in [2.75, 3.05) is 0 Å². The number of nitrogens with one attached hydrogen (secondary N) is 2. The zero-order valence-corrected chi connectivity index (χ0v) is 17.0. The van der Waals surface area contributed by atoms with Crippen molar-refractivity contribution in [3.05, 3.63) is 0 Å². The van der Waals surface area contributed by atoms with Gasteiger partial charge in [-0.05, 0) is 81.1 Å². The van der Waals surface area contributed by atoms with Crippen molar-refractivity contribution >= 4 is 12.4 Å². The van der Waals surface area contributed by atoms with Crippen LogP contribution in [0.4, 0.5) is 0 Å².